The molecule has 112 valence electrons. The first-order chi connectivity index (χ1) is 9.88. The normalized spacial score (nSPS) is 10.3. The van der Waals surface area contributed by atoms with Crippen molar-refractivity contribution in [2.75, 3.05) is 46.8 Å². The first-order valence-electron chi connectivity index (χ1n) is 6.39. The second-order valence-electron chi connectivity index (χ2n) is 3.77. The third-order valence-electron chi connectivity index (χ3n) is 2.27. The lowest BCUT2D eigenvalue weighted by atomic mass is 10.3. The molecule has 0 aliphatic heterocycles. The van der Waals surface area contributed by atoms with Crippen LogP contribution in [0.25, 0.3) is 11.0 Å². The van der Waals surface area contributed by atoms with Gasteiger partial charge in [0.1, 0.15) is 5.52 Å². The number of hydrogen-bond acceptors (Lipinski definition) is 6. The van der Waals surface area contributed by atoms with Gasteiger partial charge in [0.2, 0.25) is 0 Å². The van der Waals surface area contributed by atoms with Crippen LogP contribution in [0.1, 0.15) is 0 Å². The van der Waals surface area contributed by atoms with Gasteiger partial charge in [-0.25, -0.2) is 0 Å². The van der Waals surface area contributed by atoms with E-state index in [2.05, 4.69) is 15.4 Å². The zero-order valence-corrected chi connectivity index (χ0v) is 11.6. The Morgan fingerprint density at radius 1 is 1.05 bits per heavy atom. The quantitative estimate of drug-likeness (QED) is 0.690. The summed E-state index contributed by atoms with van der Waals surface area (Å²) in [6, 6.07) is 7.74. The lowest BCUT2D eigenvalue weighted by Crippen LogP contribution is -2.09. The maximum atomic E-state index is 8.32. The number of ether oxygens (including phenoxy) is 3. The van der Waals surface area contributed by atoms with Crippen molar-refractivity contribution in [1.29, 1.82) is 0 Å². The smallest absolute Gasteiger partial charge is 0.112 e. The second kappa shape index (κ2) is 11.3. The van der Waals surface area contributed by atoms with Gasteiger partial charge in [-0.1, -0.05) is 17.3 Å². The Kier molecular flexibility index (Phi) is 9.33. The summed E-state index contributed by atoms with van der Waals surface area (Å²) in [6.45, 7) is 2.75. The van der Waals surface area contributed by atoms with Crippen LogP contribution in [0, 0.1) is 0 Å². The van der Waals surface area contributed by atoms with Crippen LogP contribution < -0.4 is 0 Å². The van der Waals surface area contributed by atoms with Crippen molar-refractivity contribution in [3.05, 3.63) is 24.3 Å². The van der Waals surface area contributed by atoms with Crippen LogP contribution in [0.15, 0.2) is 24.3 Å². The number of H-pyrrole nitrogens is 1. The number of benzene rings is 1. The number of fused-ring (bicyclic) bond motifs is 1. The van der Waals surface area contributed by atoms with Gasteiger partial charge >= 0.3 is 0 Å². The summed E-state index contributed by atoms with van der Waals surface area (Å²) in [5.41, 5.74) is 1.90. The Morgan fingerprint density at radius 3 is 2.45 bits per heavy atom. The summed E-state index contributed by atoms with van der Waals surface area (Å²) in [5, 5.41) is 18.5. The summed E-state index contributed by atoms with van der Waals surface area (Å²) in [5.74, 6) is 0. The van der Waals surface area contributed by atoms with E-state index in [0.717, 1.165) is 11.0 Å². The summed E-state index contributed by atoms with van der Waals surface area (Å²) < 4.78 is 14.8. The van der Waals surface area contributed by atoms with Gasteiger partial charge in [-0.05, 0) is 12.1 Å². The molecule has 7 heteroatoms. The lowest BCUT2D eigenvalue weighted by Gasteiger charge is -2.03. The molecule has 0 saturated carbocycles. The average Bonchev–Trinajstić information content (AvgIpc) is 2.95. The van der Waals surface area contributed by atoms with Crippen LogP contribution in [-0.2, 0) is 14.2 Å². The van der Waals surface area contributed by atoms with E-state index in [4.69, 9.17) is 19.3 Å². The van der Waals surface area contributed by atoms with Crippen LogP contribution in [-0.4, -0.2) is 67.3 Å². The van der Waals surface area contributed by atoms with Crippen LogP contribution in [0.4, 0.5) is 0 Å². The van der Waals surface area contributed by atoms with E-state index in [1.807, 2.05) is 24.3 Å². The summed E-state index contributed by atoms with van der Waals surface area (Å²) >= 11 is 0. The van der Waals surface area contributed by atoms with Gasteiger partial charge in [-0.3, -0.25) is 5.10 Å². The van der Waals surface area contributed by atoms with Gasteiger partial charge < -0.3 is 19.3 Å². The molecule has 1 aromatic heterocycles. The molecule has 0 unspecified atom stereocenters. The van der Waals surface area contributed by atoms with Crippen LogP contribution in [0.3, 0.4) is 0 Å². The number of aromatic amines is 1. The van der Waals surface area contributed by atoms with Crippen molar-refractivity contribution in [3.8, 4) is 0 Å². The molecule has 0 aliphatic rings. The molecule has 0 atom stereocenters. The average molecular weight is 283 g/mol. The largest absolute Gasteiger partial charge is 0.394 e. The van der Waals surface area contributed by atoms with Crippen LogP contribution >= 0.6 is 0 Å². The molecule has 2 rings (SSSR count). The maximum absolute atomic E-state index is 8.32. The predicted molar refractivity (Wildman–Crippen MR) is 74.5 cm³/mol. The highest BCUT2D eigenvalue weighted by Gasteiger charge is 1.90. The first-order valence-corrected chi connectivity index (χ1v) is 6.39. The number of aliphatic hydroxyl groups excluding tert-OH is 1. The highest BCUT2D eigenvalue weighted by molar-refractivity contribution is 5.72. The van der Waals surface area contributed by atoms with E-state index >= 15 is 0 Å². The minimum Gasteiger partial charge on any atom is -0.394 e. The Bertz CT molecular complexity index is 412. The maximum Gasteiger partial charge on any atom is 0.112 e. The Balaban J connectivity index is 0.000000202. The predicted octanol–water partition coefficient (Wildman–Crippen LogP) is 0.616. The molecule has 20 heavy (non-hydrogen) atoms. The van der Waals surface area contributed by atoms with Crippen molar-refractivity contribution in [2.24, 2.45) is 0 Å². The second-order valence-corrected chi connectivity index (χ2v) is 3.77. The van der Waals surface area contributed by atoms with Gasteiger partial charge in [0.25, 0.3) is 0 Å². The molecule has 0 amide bonds. The van der Waals surface area contributed by atoms with E-state index in [9.17, 15) is 0 Å². The number of aromatic nitrogens is 3. The Labute approximate surface area is 117 Å². The zero-order chi connectivity index (χ0) is 14.5. The van der Waals surface area contributed by atoms with Gasteiger partial charge in [-0.2, -0.15) is 0 Å². The molecule has 0 saturated heterocycles. The van der Waals surface area contributed by atoms with Crippen LogP contribution in [0.5, 0.6) is 0 Å². The van der Waals surface area contributed by atoms with Crippen molar-refractivity contribution >= 4 is 11.0 Å². The molecule has 1 heterocycles. The lowest BCUT2D eigenvalue weighted by molar-refractivity contribution is 0.0159. The molecular weight excluding hydrogens is 262 g/mol. The topological polar surface area (TPSA) is 89.5 Å². The summed E-state index contributed by atoms with van der Waals surface area (Å²) in [4.78, 5) is 0. The molecule has 0 bridgehead atoms. The van der Waals surface area contributed by atoms with E-state index in [0.29, 0.717) is 33.0 Å². The molecule has 0 radical (unpaired) electrons. The molecule has 0 spiro atoms. The molecular formula is C13H21N3O4. The van der Waals surface area contributed by atoms with E-state index in [-0.39, 0.29) is 6.61 Å². The Morgan fingerprint density at radius 2 is 1.75 bits per heavy atom. The van der Waals surface area contributed by atoms with Gasteiger partial charge in [0.15, 0.2) is 0 Å². The number of nitrogens with zero attached hydrogens (tertiary/aromatic N) is 2. The van der Waals surface area contributed by atoms with Crippen molar-refractivity contribution in [3.63, 3.8) is 0 Å². The standard InChI is InChI=1S/C7H16O4.C6H5N3/c1-9-4-5-11-7-6-10-3-2-8;1-2-4-6-5(3-1)7-9-8-6/h8H,2-7H2,1H3;1-4H,(H,7,8,9). The fraction of sp³-hybridized carbons (Fsp3) is 0.538. The third-order valence-corrected chi connectivity index (χ3v) is 2.27. The minimum absolute atomic E-state index is 0.0675. The summed E-state index contributed by atoms with van der Waals surface area (Å²) in [7, 11) is 1.63. The monoisotopic (exact) mass is 283 g/mol. The number of nitrogens with one attached hydrogen (secondary N) is 1. The third kappa shape index (κ3) is 7.15. The fourth-order valence-electron chi connectivity index (χ4n) is 1.32. The highest BCUT2D eigenvalue weighted by atomic mass is 16.5. The van der Waals surface area contributed by atoms with Gasteiger partial charge in [-0.15, -0.1) is 5.10 Å². The van der Waals surface area contributed by atoms with Crippen molar-refractivity contribution in [2.45, 2.75) is 0 Å². The van der Waals surface area contributed by atoms with E-state index < -0.39 is 0 Å². The first kappa shape index (κ1) is 16.5. The van der Waals surface area contributed by atoms with Crippen molar-refractivity contribution in [1.82, 2.24) is 15.4 Å². The molecule has 2 aromatic rings. The molecule has 0 fully saturated rings. The van der Waals surface area contributed by atoms with Gasteiger partial charge in [0.05, 0.1) is 45.2 Å². The minimum atomic E-state index is 0.0675. The number of rotatable bonds is 8. The highest BCUT2D eigenvalue weighted by Crippen LogP contribution is 2.03. The molecule has 2 N–H and O–H groups in total. The van der Waals surface area contributed by atoms with E-state index in [1.165, 1.54) is 0 Å². The summed E-state index contributed by atoms with van der Waals surface area (Å²) in [6.07, 6.45) is 0. The number of methoxy groups -OCH3 is 1. The van der Waals surface area contributed by atoms with Crippen LogP contribution in [0.2, 0.25) is 0 Å². The zero-order valence-electron chi connectivity index (χ0n) is 11.6. The SMILES string of the molecule is COCCOCCOCCO.c1ccc2[nH]nnc2c1. The fourth-order valence-corrected chi connectivity index (χ4v) is 1.32. The van der Waals surface area contributed by atoms with Gasteiger partial charge in [0, 0.05) is 7.11 Å². The number of para-hydroxylation sites is 1. The molecule has 1 aromatic carbocycles. The van der Waals surface area contributed by atoms with E-state index in [1.54, 1.807) is 7.11 Å². The van der Waals surface area contributed by atoms with Crippen molar-refractivity contribution < 1.29 is 19.3 Å². The number of hydrogen-bond donors (Lipinski definition) is 2. The number of aliphatic hydroxyl groups is 1. The molecule has 7 nitrogen and oxygen atoms in total. The molecule has 0 aliphatic carbocycles. The Hall–Kier alpha value is -1.54.